The van der Waals surface area contributed by atoms with Crippen LogP contribution in [0, 0.1) is 5.82 Å². The van der Waals surface area contributed by atoms with Gasteiger partial charge in [0.15, 0.2) is 5.96 Å². The summed E-state index contributed by atoms with van der Waals surface area (Å²) < 4.78 is 18.6. The number of halogens is 1. The van der Waals surface area contributed by atoms with Gasteiger partial charge >= 0.3 is 0 Å². The molecule has 4 nitrogen and oxygen atoms in total. The molecule has 0 radical (unpaired) electrons. The second-order valence-electron chi connectivity index (χ2n) is 5.38. The summed E-state index contributed by atoms with van der Waals surface area (Å²) in [5.41, 5.74) is 0.907. The highest BCUT2D eigenvalue weighted by molar-refractivity contribution is 7.10. The van der Waals surface area contributed by atoms with E-state index in [-0.39, 0.29) is 18.0 Å². The molecule has 6 heteroatoms. The van der Waals surface area contributed by atoms with Gasteiger partial charge in [-0.1, -0.05) is 18.2 Å². The first-order chi connectivity index (χ1) is 11.6. The van der Waals surface area contributed by atoms with Gasteiger partial charge < -0.3 is 15.4 Å². The predicted octanol–water partition coefficient (Wildman–Crippen LogP) is 3.89. The third-order valence-electron chi connectivity index (χ3n) is 3.61. The van der Waals surface area contributed by atoms with Crippen LogP contribution in [0.15, 0.2) is 46.8 Å². The zero-order valence-corrected chi connectivity index (χ0v) is 15.1. The summed E-state index contributed by atoms with van der Waals surface area (Å²) in [6.45, 7) is 5.36. The van der Waals surface area contributed by atoms with E-state index in [0.29, 0.717) is 6.54 Å². The molecule has 130 valence electrons. The minimum atomic E-state index is -0.253. The van der Waals surface area contributed by atoms with Gasteiger partial charge in [0.1, 0.15) is 11.9 Å². The van der Waals surface area contributed by atoms with E-state index in [1.54, 1.807) is 30.6 Å². The molecule has 1 aromatic carbocycles. The molecule has 1 aromatic heterocycles. The van der Waals surface area contributed by atoms with Crippen LogP contribution in [0.5, 0.6) is 0 Å². The molecule has 0 spiro atoms. The molecule has 0 aliphatic heterocycles. The van der Waals surface area contributed by atoms with Crippen molar-refractivity contribution in [3.05, 3.63) is 58.0 Å². The first-order valence-corrected chi connectivity index (χ1v) is 8.88. The van der Waals surface area contributed by atoms with E-state index in [4.69, 9.17) is 4.74 Å². The lowest BCUT2D eigenvalue weighted by molar-refractivity contribution is 0.111. The molecular weight excluding hydrogens is 325 g/mol. The van der Waals surface area contributed by atoms with Gasteiger partial charge in [0.05, 0.1) is 12.6 Å². The van der Waals surface area contributed by atoms with E-state index in [2.05, 4.69) is 34.0 Å². The largest absolute Gasteiger partial charge is 0.375 e. The maximum absolute atomic E-state index is 13.1. The van der Waals surface area contributed by atoms with Crippen molar-refractivity contribution in [3.8, 4) is 0 Å². The highest BCUT2D eigenvalue weighted by Crippen LogP contribution is 2.19. The van der Waals surface area contributed by atoms with Crippen LogP contribution in [0.2, 0.25) is 0 Å². The van der Waals surface area contributed by atoms with Gasteiger partial charge in [-0.15, -0.1) is 11.3 Å². The number of nitrogens with zero attached hydrogens (tertiary/aromatic N) is 1. The molecule has 2 N–H and O–H groups in total. The molecule has 0 fully saturated rings. The maximum Gasteiger partial charge on any atom is 0.191 e. The second-order valence-corrected chi connectivity index (χ2v) is 6.36. The molecule has 2 aromatic rings. The van der Waals surface area contributed by atoms with Crippen LogP contribution in [0.4, 0.5) is 4.39 Å². The Balaban J connectivity index is 2.04. The molecule has 0 aliphatic rings. The number of guanidine groups is 1. The number of thiophene rings is 1. The van der Waals surface area contributed by atoms with Crippen LogP contribution >= 0.6 is 11.3 Å². The van der Waals surface area contributed by atoms with Gasteiger partial charge in [-0.3, -0.25) is 4.99 Å². The molecule has 2 rings (SSSR count). The van der Waals surface area contributed by atoms with Gasteiger partial charge in [-0.2, -0.15) is 0 Å². The number of ether oxygens (including phenoxy) is 1. The highest BCUT2D eigenvalue weighted by Gasteiger charge is 2.12. The standard InChI is InChI=1S/C18H24FN3OS/c1-4-20-18(22-13(2)17-6-5-11-24-17)21-12-16(23-3)14-7-9-15(19)10-8-14/h5-11,13,16H,4,12H2,1-3H3,(H2,20,21,22). The van der Waals surface area contributed by atoms with Gasteiger partial charge in [0.2, 0.25) is 0 Å². The van der Waals surface area contributed by atoms with Crippen molar-refractivity contribution < 1.29 is 9.13 Å². The van der Waals surface area contributed by atoms with Gasteiger partial charge in [0.25, 0.3) is 0 Å². The number of methoxy groups -OCH3 is 1. The summed E-state index contributed by atoms with van der Waals surface area (Å²) in [7, 11) is 1.64. The van der Waals surface area contributed by atoms with Crippen LogP contribution in [0.25, 0.3) is 0 Å². The van der Waals surface area contributed by atoms with Crippen molar-refractivity contribution in [2.24, 2.45) is 4.99 Å². The summed E-state index contributed by atoms with van der Waals surface area (Å²) in [4.78, 5) is 5.87. The average molecular weight is 349 g/mol. The monoisotopic (exact) mass is 349 g/mol. The number of nitrogens with one attached hydrogen (secondary N) is 2. The van der Waals surface area contributed by atoms with E-state index in [1.165, 1.54) is 17.0 Å². The van der Waals surface area contributed by atoms with Gasteiger partial charge in [-0.05, 0) is 43.0 Å². The van der Waals surface area contributed by atoms with Crippen molar-refractivity contribution in [1.29, 1.82) is 0 Å². The first-order valence-electron chi connectivity index (χ1n) is 8.00. The normalized spacial score (nSPS) is 14.2. The van der Waals surface area contributed by atoms with E-state index in [9.17, 15) is 4.39 Å². The highest BCUT2D eigenvalue weighted by atomic mass is 32.1. The number of aliphatic imine (C=N–C) groups is 1. The zero-order chi connectivity index (χ0) is 17.4. The summed E-state index contributed by atoms with van der Waals surface area (Å²) >= 11 is 1.71. The molecule has 0 amide bonds. The van der Waals surface area contributed by atoms with E-state index in [1.807, 2.05) is 13.0 Å². The summed E-state index contributed by atoms with van der Waals surface area (Å²) in [6, 6.07) is 10.6. The lowest BCUT2D eigenvalue weighted by Crippen LogP contribution is -2.38. The molecule has 2 atom stereocenters. The van der Waals surface area contributed by atoms with Crippen LogP contribution in [-0.2, 0) is 4.74 Å². The van der Waals surface area contributed by atoms with Crippen molar-refractivity contribution >= 4 is 17.3 Å². The lowest BCUT2D eigenvalue weighted by atomic mass is 10.1. The van der Waals surface area contributed by atoms with Crippen molar-refractivity contribution in [3.63, 3.8) is 0 Å². The fourth-order valence-electron chi connectivity index (χ4n) is 2.30. The minimum absolute atomic E-state index is 0.176. The smallest absolute Gasteiger partial charge is 0.191 e. The zero-order valence-electron chi connectivity index (χ0n) is 14.3. The first kappa shape index (κ1) is 18.4. The van der Waals surface area contributed by atoms with Gasteiger partial charge in [0, 0.05) is 18.5 Å². The molecular formula is C18H24FN3OS. The maximum atomic E-state index is 13.1. The number of hydrogen-bond donors (Lipinski definition) is 2. The summed E-state index contributed by atoms with van der Waals surface area (Å²) in [5.74, 6) is 0.486. The Kier molecular flexibility index (Phi) is 7.21. The van der Waals surface area contributed by atoms with E-state index in [0.717, 1.165) is 18.1 Å². The molecule has 1 heterocycles. The minimum Gasteiger partial charge on any atom is -0.375 e. The lowest BCUT2D eigenvalue weighted by Gasteiger charge is -2.18. The average Bonchev–Trinajstić information content (AvgIpc) is 3.11. The molecule has 0 saturated carbocycles. The SMILES string of the molecule is CCNC(=NCC(OC)c1ccc(F)cc1)NC(C)c1cccs1. The van der Waals surface area contributed by atoms with Crippen molar-refractivity contribution in [1.82, 2.24) is 10.6 Å². The topological polar surface area (TPSA) is 45.7 Å². The fourth-order valence-corrected chi connectivity index (χ4v) is 3.04. The number of benzene rings is 1. The number of rotatable bonds is 7. The Morgan fingerprint density at radius 1 is 1.29 bits per heavy atom. The Hall–Kier alpha value is -1.92. The van der Waals surface area contributed by atoms with Crippen LogP contribution < -0.4 is 10.6 Å². The molecule has 24 heavy (non-hydrogen) atoms. The van der Waals surface area contributed by atoms with E-state index < -0.39 is 0 Å². The molecule has 0 aliphatic carbocycles. The quantitative estimate of drug-likeness (QED) is 0.589. The van der Waals surface area contributed by atoms with Crippen molar-refractivity contribution in [2.75, 3.05) is 20.2 Å². The summed E-state index contributed by atoms with van der Waals surface area (Å²) in [5, 5.41) is 8.70. The molecule has 0 saturated heterocycles. The van der Waals surface area contributed by atoms with Gasteiger partial charge in [-0.25, -0.2) is 4.39 Å². The van der Waals surface area contributed by atoms with Crippen LogP contribution in [0.1, 0.15) is 36.4 Å². The van der Waals surface area contributed by atoms with Crippen molar-refractivity contribution in [2.45, 2.75) is 26.0 Å². The molecule has 0 bridgehead atoms. The van der Waals surface area contributed by atoms with Crippen LogP contribution in [-0.4, -0.2) is 26.2 Å². The Labute approximate surface area is 146 Å². The summed E-state index contributed by atoms with van der Waals surface area (Å²) in [6.07, 6.45) is -0.210. The Bertz CT molecular complexity index is 628. The third kappa shape index (κ3) is 5.32. The second kappa shape index (κ2) is 9.39. The van der Waals surface area contributed by atoms with Crippen LogP contribution in [0.3, 0.4) is 0 Å². The number of hydrogen-bond acceptors (Lipinski definition) is 3. The fraction of sp³-hybridized carbons (Fsp3) is 0.389. The third-order valence-corrected chi connectivity index (χ3v) is 4.66. The predicted molar refractivity (Wildman–Crippen MR) is 98.0 cm³/mol. The Morgan fingerprint density at radius 2 is 2.04 bits per heavy atom. The molecule has 2 unspecified atom stereocenters. The van der Waals surface area contributed by atoms with E-state index >= 15 is 0 Å². The Morgan fingerprint density at radius 3 is 2.62 bits per heavy atom.